The standard InChI is InChI=1S/C19H12Cl2FNO2S/c1-23(15-4-2-11(20)7-14(15)21)19(24)17-6-10-9-25-16-5-3-12(22)8-13(16)18(10)26-17/h2-8H,9H2,1H3. The molecule has 0 bridgehead atoms. The lowest BCUT2D eigenvalue weighted by Crippen LogP contribution is -2.25. The molecule has 3 nitrogen and oxygen atoms in total. The van der Waals surface area contributed by atoms with Crippen LogP contribution >= 0.6 is 34.5 Å². The topological polar surface area (TPSA) is 29.5 Å². The molecule has 0 saturated heterocycles. The number of rotatable bonds is 2. The van der Waals surface area contributed by atoms with Crippen molar-refractivity contribution in [2.75, 3.05) is 11.9 Å². The second kappa shape index (κ2) is 6.58. The molecule has 1 aliphatic heterocycles. The first-order chi connectivity index (χ1) is 12.4. The van der Waals surface area contributed by atoms with Crippen LogP contribution < -0.4 is 9.64 Å². The van der Waals surface area contributed by atoms with Crippen LogP contribution in [0.15, 0.2) is 42.5 Å². The molecule has 3 aromatic rings. The molecular formula is C19H12Cl2FNO2S. The number of hydrogen-bond acceptors (Lipinski definition) is 3. The fraction of sp³-hybridized carbons (Fsp3) is 0.105. The van der Waals surface area contributed by atoms with Gasteiger partial charge >= 0.3 is 0 Å². The third-order valence-electron chi connectivity index (χ3n) is 4.16. The fourth-order valence-electron chi connectivity index (χ4n) is 2.86. The number of benzene rings is 2. The summed E-state index contributed by atoms with van der Waals surface area (Å²) in [7, 11) is 1.65. The first kappa shape index (κ1) is 17.3. The maximum absolute atomic E-state index is 13.6. The third-order valence-corrected chi connectivity index (χ3v) is 5.90. The van der Waals surface area contributed by atoms with Gasteiger partial charge in [-0.25, -0.2) is 4.39 Å². The molecular weight excluding hydrogens is 396 g/mol. The van der Waals surface area contributed by atoms with Gasteiger partial charge in [-0.3, -0.25) is 4.79 Å². The summed E-state index contributed by atoms with van der Waals surface area (Å²) in [5.41, 5.74) is 2.10. The van der Waals surface area contributed by atoms with E-state index in [0.29, 0.717) is 38.5 Å². The van der Waals surface area contributed by atoms with Gasteiger partial charge in [0.05, 0.1) is 15.6 Å². The Morgan fingerprint density at radius 2 is 2.00 bits per heavy atom. The number of ether oxygens (including phenoxy) is 1. The van der Waals surface area contributed by atoms with Crippen LogP contribution in [-0.2, 0) is 6.61 Å². The Labute approximate surface area is 163 Å². The van der Waals surface area contributed by atoms with Gasteiger partial charge in [-0.15, -0.1) is 11.3 Å². The average molecular weight is 408 g/mol. The van der Waals surface area contributed by atoms with Gasteiger partial charge in [0.2, 0.25) is 0 Å². The Hall–Kier alpha value is -2.08. The molecule has 132 valence electrons. The Kier molecular flexibility index (Phi) is 4.39. The monoisotopic (exact) mass is 407 g/mol. The van der Waals surface area contributed by atoms with E-state index in [1.165, 1.54) is 28.4 Å². The molecule has 0 unspecified atom stereocenters. The molecule has 7 heteroatoms. The smallest absolute Gasteiger partial charge is 0.268 e. The number of thiophene rings is 1. The van der Waals surface area contributed by atoms with Crippen molar-refractivity contribution in [3.63, 3.8) is 0 Å². The van der Waals surface area contributed by atoms with E-state index >= 15 is 0 Å². The van der Waals surface area contributed by atoms with E-state index in [4.69, 9.17) is 27.9 Å². The zero-order chi connectivity index (χ0) is 18.4. The lowest BCUT2D eigenvalue weighted by Gasteiger charge is -2.18. The van der Waals surface area contributed by atoms with E-state index in [0.717, 1.165) is 10.4 Å². The van der Waals surface area contributed by atoms with E-state index < -0.39 is 0 Å². The second-order valence-corrected chi connectivity index (χ2v) is 7.75. The highest BCUT2D eigenvalue weighted by molar-refractivity contribution is 7.17. The third kappa shape index (κ3) is 2.96. The number of carbonyl (C=O) groups excluding carboxylic acids is 1. The van der Waals surface area contributed by atoms with Gasteiger partial charge in [0.15, 0.2) is 0 Å². The quantitative estimate of drug-likeness (QED) is 0.518. The largest absolute Gasteiger partial charge is 0.488 e. The molecule has 4 rings (SSSR count). The number of anilines is 1. The molecule has 2 aromatic carbocycles. The summed E-state index contributed by atoms with van der Waals surface area (Å²) >= 11 is 13.4. The summed E-state index contributed by atoms with van der Waals surface area (Å²) in [4.78, 5) is 15.8. The molecule has 1 amide bonds. The molecule has 0 fully saturated rings. The highest BCUT2D eigenvalue weighted by atomic mass is 35.5. The molecule has 26 heavy (non-hydrogen) atoms. The number of hydrogen-bond donors (Lipinski definition) is 0. The lowest BCUT2D eigenvalue weighted by molar-refractivity contribution is 0.0997. The summed E-state index contributed by atoms with van der Waals surface area (Å²) in [6, 6.07) is 11.2. The zero-order valence-corrected chi connectivity index (χ0v) is 15.9. The van der Waals surface area contributed by atoms with Gasteiger partial charge in [-0.2, -0.15) is 0 Å². The molecule has 0 aliphatic carbocycles. The van der Waals surface area contributed by atoms with Gasteiger partial charge in [-0.05, 0) is 42.5 Å². The average Bonchev–Trinajstić information content (AvgIpc) is 3.05. The number of fused-ring (bicyclic) bond motifs is 3. The van der Waals surface area contributed by atoms with Crippen LogP contribution in [0.1, 0.15) is 15.2 Å². The molecule has 1 aliphatic rings. The van der Waals surface area contributed by atoms with Crippen molar-refractivity contribution in [3.8, 4) is 16.2 Å². The summed E-state index contributed by atoms with van der Waals surface area (Å²) in [6.45, 7) is 0.350. The van der Waals surface area contributed by atoms with Gasteiger partial charge in [0, 0.05) is 28.1 Å². The van der Waals surface area contributed by atoms with E-state index in [-0.39, 0.29) is 11.7 Å². The van der Waals surface area contributed by atoms with Crippen LogP contribution in [0, 0.1) is 5.82 Å². The van der Waals surface area contributed by atoms with Crippen LogP contribution in [0.3, 0.4) is 0 Å². The number of carbonyl (C=O) groups is 1. The van der Waals surface area contributed by atoms with E-state index in [2.05, 4.69) is 0 Å². The first-order valence-corrected chi connectivity index (χ1v) is 9.30. The lowest BCUT2D eigenvalue weighted by atomic mass is 10.1. The van der Waals surface area contributed by atoms with Crippen molar-refractivity contribution in [2.45, 2.75) is 6.61 Å². The number of nitrogens with zero attached hydrogens (tertiary/aromatic N) is 1. The highest BCUT2D eigenvalue weighted by Crippen LogP contribution is 2.43. The maximum Gasteiger partial charge on any atom is 0.268 e. The molecule has 0 saturated carbocycles. The molecule has 0 N–H and O–H groups in total. The summed E-state index contributed by atoms with van der Waals surface area (Å²) in [5.74, 6) is 0.0759. The van der Waals surface area contributed by atoms with E-state index in [1.807, 2.05) is 0 Å². The normalized spacial score (nSPS) is 12.2. The van der Waals surface area contributed by atoms with Gasteiger partial charge in [0.25, 0.3) is 5.91 Å². The second-order valence-electron chi connectivity index (χ2n) is 5.85. The summed E-state index contributed by atoms with van der Waals surface area (Å²) in [5, 5.41) is 0.896. The summed E-state index contributed by atoms with van der Waals surface area (Å²) < 4.78 is 19.3. The van der Waals surface area contributed by atoms with Crippen LogP contribution in [-0.4, -0.2) is 13.0 Å². The molecule has 0 atom stereocenters. The van der Waals surface area contributed by atoms with Crippen molar-refractivity contribution in [3.05, 3.63) is 68.8 Å². The highest BCUT2D eigenvalue weighted by Gasteiger charge is 2.25. The van der Waals surface area contributed by atoms with Crippen molar-refractivity contribution in [1.82, 2.24) is 0 Å². The predicted molar refractivity (Wildman–Crippen MR) is 103 cm³/mol. The number of halogens is 3. The van der Waals surface area contributed by atoms with Crippen LogP contribution in [0.4, 0.5) is 10.1 Å². The molecule has 0 spiro atoms. The van der Waals surface area contributed by atoms with E-state index in [1.54, 1.807) is 37.4 Å². The number of amides is 1. The van der Waals surface area contributed by atoms with Crippen molar-refractivity contribution in [2.24, 2.45) is 0 Å². The molecule has 1 aromatic heterocycles. The van der Waals surface area contributed by atoms with Crippen molar-refractivity contribution in [1.29, 1.82) is 0 Å². The minimum Gasteiger partial charge on any atom is -0.488 e. The minimum atomic E-state index is -0.341. The maximum atomic E-state index is 13.6. The van der Waals surface area contributed by atoms with Gasteiger partial charge in [0.1, 0.15) is 18.2 Å². The Balaban J connectivity index is 1.71. The molecule has 0 radical (unpaired) electrons. The summed E-state index contributed by atoms with van der Waals surface area (Å²) in [6.07, 6.45) is 0. The Morgan fingerprint density at radius 3 is 2.77 bits per heavy atom. The Bertz CT molecular complexity index is 1030. The van der Waals surface area contributed by atoms with E-state index in [9.17, 15) is 9.18 Å². The van der Waals surface area contributed by atoms with Gasteiger partial charge in [-0.1, -0.05) is 23.2 Å². The van der Waals surface area contributed by atoms with Gasteiger partial charge < -0.3 is 9.64 Å². The van der Waals surface area contributed by atoms with Crippen LogP contribution in [0.5, 0.6) is 5.75 Å². The Morgan fingerprint density at radius 1 is 1.19 bits per heavy atom. The fourth-order valence-corrected chi connectivity index (χ4v) is 4.56. The first-order valence-electron chi connectivity index (χ1n) is 7.72. The SMILES string of the molecule is CN(C(=O)c1cc2c(s1)-c1cc(F)ccc1OC2)c1ccc(Cl)cc1Cl. The minimum absolute atomic E-state index is 0.202. The van der Waals surface area contributed by atoms with Crippen LogP contribution in [0.2, 0.25) is 10.0 Å². The predicted octanol–water partition coefficient (Wildman–Crippen LogP) is 6.03. The molecule has 2 heterocycles. The van der Waals surface area contributed by atoms with Crippen LogP contribution in [0.25, 0.3) is 10.4 Å². The van der Waals surface area contributed by atoms with Crippen molar-refractivity contribution < 1.29 is 13.9 Å². The zero-order valence-electron chi connectivity index (χ0n) is 13.6. The van der Waals surface area contributed by atoms with Crippen molar-refractivity contribution >= 4 is 46.1 Å².